The number of methoxy groups -OCH3 is 2. The number of ether oxygens (including phenoxy) is 2. The highest BCUT2D eigenvalue weighted by Gasteiger charge is 2.33. The second-order valence-electron chi connectivity index (χ2n) is 9.23. The molecule has 9 nitrogen and oxygen atoms in total. The normalized spacial score (nSPS) is 14.6. The molecule has 1 N–H and O–H groups in total. The van der Waals surface area contributed by atoms with Crippen molar-refractivity contribution in [2.75, 3.05) is 31.3 Å². The number of hydrogen-bond donors (Lipinski definition) is 1. The third kappa shape index (κ3) is 7.38. The third-order valence-corrected chi connectivity index (χ3v) is 7.76. The fraction of sp³-hybridized carbons (Fsp3) is 0.481. The second-order valence-corrected chi connectivity index (χ2v) is 11.1. The highest BCUT2D eigenvalue weighted by molar-refractivity contribution is 7.92. The van der Waals surface area contributed by atoms with Gasteiger partial charge in [-0.25, -0.2) is 8.42 Å². The molecule has 1 saturated carbocycles. The van der Waals surface area contributed by atoms with Gasteiger partial charge in [-0.2, -0.15) is 0 Å². The maximum Gasteiger partial charge on any atom is 0.244 e. The minimum atomic E-state index is -3.84. The molecule has 0 aromatic heterocycles. The lowest BCUT2D eigenvalue weighted by Crippen LogP contribution is -2.53. The van der Waals surface area contributed by atoms with Crippen molar-refractivity contribution in [3.63, 3.8) is 0 Å². The summed E-state index contributed by atoms with van der Waals surface area (Å²) in [5.74, 6) is 0.292. The molecular formula is C27H37N3O6S. The molecule has 3 rings (SSSR count). The van der Waals surface area contributed by atoms with Crippen LogP contribution in [-0.4, -0.2) is 64.2 Å². The van der Waals surface area contributed by atoms with Crippen LogP contribution in [0.1, 0.15) is 44.6 Å². The minimum Gasteiger partial charge on any atom is -0.497 e. The first-order valence-electron chi connectivity index (χ1n) is 12.5. The first-order chi connectivity index (χ1) is 17.7. The van der Waals surface area contributed by atoms with E-state index in [1.165, 1.54) is 12.0 Å². The standard InChI is InChI=1S/C27H37N3O6S/c1-5-23(27(32)28-21-10-6-7-11-21)29(18-20-14-16-22(35-2)17-15-20)26(31)19-30(37(4,33)34)24-12-8-9-13-25(24)36-3/h8-9,12-17,21,23H,5-7,10-11,18-19H2,1-4H3,(H,28,32)/t23-/m0/s1. The Bertz CT molecular complexity index is 1160. The molecule has 2 aromatic carbocycles. The van der Waals surface area contributed by atoms with Gasteiger partial charge in [0.15, 0.2) is 0 Å². The molecule has 37 heavy (non-hydrogen) atoms. The van der Waals surface area contributed by atoms with Crippen LogP contribution < -0.4 is 19.1 Å². The number of anilines is 1. The Hall–Kier alpha value is -3.27. The Morgan fingerprint density at radius 2 is 1.68 bits per heavy atom. The van der Waals surface area contributed by atoms with Crippen LogP contribution in [0.15, 0.2) is 48.5 Å². The van der Waals surface area contributed by atoms with E-state index in [0.717, 1.165) is 41.8 Å². The first kappa shape index (κ1) is 28.3. The quantitative estimate of drug-likeness (QED) is 0.451. The molecule has 0 spiro atoms. The Morgan fingerprint density at radius 1 is 1.03 bits per heavy atom. The second kappa shape index (κ2) is 12.8. The lowest BCUT2D eigenvalue weighted by molar-refractivity contribution is -0.140. The molecule has 2 amide bonds. The Morgan fingerprint density at radius 3 is 2.24 bits per heavy atom. The Labute approximate surface area is 219 Å². The number of para-hydroxylation sites is 2. The van der Waals surface area contributed by atoms with Gasteiger partial charge in [0.25, 0.3) is 0 Å². The number of carbonyl (C=O) groups excluding carboxylic acids is 2. The molecule has 1 aliphatic carbocycles. The number of sulfonamides is 1. The van der Waals surface area contributed by atoms with Crippen molar-refractivity contribution in [2.45, 2.75) is 57.7 Å². The zero-order valence-corrected chi connectivity index (χ0v) is 22.8. The molecule has 0 heterocycles. The number of benzene rings is 2. The molecule has 0 radical (unpaired) electrons. The number of carbonyl (C=O) groups is 2. The van der Waals surface area contributed by atoms with Crippen molar-refractivity contribution < 1.29 is 27.5 Å². The van der Waals surface area contributed by atoms with Crippen molar-refractivity contribution in [2.24, 2.45) is 0 Å². The molecular weight excluding hydrogens is 494 g/mol. The molecule has 0 aliphatic heterocycles. The molecule has 1 atom stereocenters. The zero-order chi connectivity index (χ0) is 27.0. The molecule has 2 aromatic rings. The van der Waals surface area contributed by atoms with Gasteiger partial charge >= 0.3 is 0 Å². The summed E-state index contributed by atoms with van der Waals surface area (Å²) in [5, 5.41) is 3.10. The van der Waals surface area contributed by atoms with Crippen molar-refractivity contribution in [3.8, 4) is 11.5 Å². The van der Waals surface area contributed by atoms with Crippen LogP contribution in [-0.2, 0) is 26.2 Å². The van der Waals surface area contributed by atoms with Crippen molar-refractivity contribution in [1.82, 2.24) is 10.2 Å². The van der Waals surface area contributed by atoms with Gasteiger partial charge in [-0.1, -0.05) is 44.0 Å². The van der Waals surface area contributed by atoms with E-state index in [1.807, 2.05) is 19.1 Å². The van der Waals surface area contributed by atoms with Crippen molar-refractivity contribution >= 4 is 27.5 Å². The predicted molar refractivity (Wildman–Crippen MR) is 143 cm³/mol. The fourth-order valence-electron chi connectivity index (χ4n) is 4.65. The molecule has 0 saturated heterocycles. The molecule has 1 fully saturated rings. The molecule has 0 unspecified atom stereocenters. The molecule has 1 aliphatic rings. The van der Waals surface area contributed by atoms with E-state index in [4.69, 9.17) is 9.47 Å². The van der Waals surface area contributed by atoms with E-state index in [0.29, 0.717) is 17.9 Å². The number of rotatable bonds is 12. The van der Waals surface area contributed by atoms with E-state index in [1.54, 1.807) is 43.5 Å². The summed E-state index contributed by atoms with van der Waals surface area (Å²) < 4.78 is 37.2. The fourth-order valence-corrected chi connectivity index (χ4v) is 5.50. The lowest BCUT2D eigenvalue weighted by atomic mass is 10.1. The van der Waals surface area contributed by atoms with Crippen LogP contribution in [0.25, 0.3) is 0 Å². The molecule has 10 heteroatoms. The van der Waals surface area contributed by atoms with Crippen LogP contribution >= 0.6 is 0 Å². The van der Waals surface area contributed by atoms with Crippen LogP contribution in [0.4, 0.5) is 5.69 Å². The number of nitrogens with zero attached hydrogens (tertiary/aromatic N) is 2. The van der Waals surface area contributed by atoms with Crippen molar-refractivity contribution in [3.05, 3.63) is 54.1 Å². The zero-order valence-electron chi connectivity index (χ0n) is 22.0. The average Bonchev–Trinajstić information content (AvgIpc) is 3.39. The highest BCUT2D eigenvalue weighted by atomic mass is 32.2. The van der Waals surface area contributed by atoms with E-state index < -0.39 is 28.5 Å². The maximum absolute atomic E-state index is 13.8. The van der Waals surface area contributed by atoms with E-state index in [2.05, 4.69) is 5.32 Å². The summed E-state index contributed by atoms with van der Waals surface area (Å²) >= 11 is 0. The summed E-state index contributed by atoms with van der Waals surface area (Å²) in [5.41, 5.74) is 1.05. The summed E-state index contributed by atoms with van der Waals surface area (Å²) in [4.78, 5) is 28.6. The predicted octanol–water partition coefficient (Wildman–Crippen LogP) is 3.34. The summed E-state index contributed by atoms with van der Waals surface area (Å²) in [6, 6.07) is 13.2. The molecule has 202 valence electrons. The highest BCUT2D eigenvalue weighted by Crippen LogP contribution is 2.30. The molecule has 0 bridgehead atoms. The summed E-state index contributed by atoms with van der Waals surface area (Å²) in [6.45, 7) is 1.52. The minimum absolute atomic E-state index is 0.0978. The van der Waals surface area contributed by atoms with Gasteiger partial charge < -0.3 is 19.7 Å². The SMILES string of the molecule is CC[C@@H](C(=O)NC1CCCC1)N(Cc1ccc(OC)cc1)C(=O)CN(c1ccccc1OC)S(C)(=O)=O. The van der Waals surface area contributed by atoms with Gasteiger partial charge in [0.2, 0.25) is 21.8 Å². The first-order valence-corrected chi connectivity index (χ1v) is 14.4. The van der Waals surface area contributed by atoms with E-state index >= 15 is 0 Å². The Balaban J connectivity index is 1.94. The number of hydrogen-bond acceptors (Lipinski definition) is 6. The maximum atomic E-state index is 13.8. The van der Waals surface area contributed by atoms with Gasteiger partial charge in [-0.05, 0) is 49.1 Å². The van der Waals surface area contributed by atoms with Gasteiger partial charge in [0.1, 0.15) is 24.1 Å². The van der Waals surface area contributed by atoms with Crippen LogP contribution in [0.2, 0.25) is 0 Å². The van der Waals surface area contributed by atoms with E-state index in [9.17, 15) is 18.0 Å². The van der Waals surface area contributed by atoms with Gasteiger partial charge in [0, 0.05) is 12.6 Å². The summed E-state index contributed by atoms with van der Waals surface area (Å²) in [6.07, 6.45) is 5.41. The van der Waals surface area contributed by atoms with Crippen LogP contribution in [0.5, 0.6) is 11.5 Å². The van der Waals surface area contributed by atoms with Crippen LogP contribution in [0, 0.1) is 0 Å². The van der Waals surface area contributed by atoms with Gasteiger partial charge in [-0.15, -0.1) is 0 Å². The van der Waals surface area contributed by atoms with Gasteiger partial charge in [-0.3, -0.25) is 13.9 Å². The summed E-state index contributed by atoms with van der Waals surface area (Å²) in [7, 11) is -0.829. The largest absolute Gasteiger partial charge is 0.497 e. The van der Waals surface area contributed by atoms with Crippen LogP contribution in [0.3, 0.4) is 0 Å². The third-order valence-electron chi connectivity index (χ3n) is 6.63. The monoisotopic (exact) mass is 531 g/mol. The lowest BCUT2D eigenvalue weighted by Gasteiger charge is -2.33. The Kier molecular flexibility index (Phi) is 9.79. The smallest absolute Gasteiger partial charge is 0.244 e. The van der Waals surface area contributed by atoms with E-state index in [-0.39, 0.29) is 24.2 Å². The van der Waals surface area contributed by atoms with Crippen molar-refractivity contribution in [1.29, 1.82) is 0 Å². The van der Waals surface area contributed by atoms with Gasteiger partial charge in [0.05, 0.1) is 26.2 Å². The average molecular weight is 532 g/mol. The number of amides is 2. The topological polar surface area (TPSA) is 105 Å². The number of nitrogens with one attached hydrogen (secondary N) is 1.